The van der Waals surface area contributed by atoms with Crippen molar-refractivity contribution < 1.29 is 9.59 Å². The Morgan fingerprint density at radius 2 is 1.52 bits per heavy atom. The standard InChI is InChI=1S/C19H32N4O2.2ClH/c20-18-13-2-1-3-14(18)11-15(10-13)19(25)23-8-6-22(7-9-23)12-17(24)21-16-4-5-16;;/h13-16,18H,1-12,20H2,(H,21,24);2*1H. The van der Waals surface area contributed by atoms with Crippen molar-refractivity contribution in [3.05, 3.63) is 0 Å². The molecule has 2 bridgehead atoms. The fourth-order valence-corrected chi connectivity index (χ4v) is 5.08. The maximum Gasteiger partial charge on any atom is 0.234 e. The Morgan fingerprint density at radius 3 is 2.07 bits per heavy atom. The molecule has 0 aromatic rings. The van der Waals surface area contributed by atoms with Crippen molar-refractivity contribution in [2.75, 3.05) is 32.7 Å². The second-order valence-corrected chi connectivity index (χ2v) is 8.64. The molecule has 27 heavy (non-hydrogen) atoms. The number of hydrogen-bond donors (Lipinski definition) is 2. The first kappa shape index (κ1) is 22.7. The number of hydrogen-bond acceptors (Lipinski definition) is 4. The minimum Gasteiger partial charge on any atom is -0.352 e. The SMILES string of the molecule is Cl.Cl.NC1C2CCCC1CC(C(=O)N1CCN(CC(=O)NC3CC3)CC1)C2. The van der Waals surface area contributed by atoms with Gasteiger partial charge in [-0.05, 0) is 50.4 Å². The van der Waals surface area contributed by atoms with E-state index >= 15 is 0 Å². The highest BCUT2D eigenvalue weighted by atomic mass is 35.5. The van der Waals surface area contributed by atoms with E-state index in [0.717, 1.165) is 51.9 Å². The lowest BCUT2D eigenvalue weighted by molar-refractivity contribution is -0.140. The Balaban J connectivity index is 0.00000131. The van der Waals surface area contributed by atoms with Gasteiger partial charge < -0.3 is 16.0 Å². The van der Waals surface area contributed by atoms with Gasteiger partial charge in [0.2, 0.25) is 11.8 Å². The smallest absolute Gasteiger partial charge is 0.234 e. The summed E-state index contributed by atoms with van der Waals surface area (Å²) < 4.78 is 0. The summed E-state index contributed by atoms with van der Waals surface area (Å²) in [6.45, 7) is 3.60. The van der Waals surface area contributed by atoms with E-state index in [0.29, 0.717) is 36.4 Å². The zero-order valence-electron chi connectivity index (χ0n) is 16.0. The summed E-state index contributed by atoms with van der Waals surface area (Å²) in [6.07, 6.45) is 7.91. The monoisotopic (exact) mass is 420 g/mol. The molecule has 1 heterocycles. The Bertz CT molecular complexity index is 510. The van der Waals surface area contributed by atoms with Crippen molar-refractivity contribution in [3.8, 4) is 0 Å². The lowest BCUT2D eigenvalue weighted by Gasteiger charge is -2.45. The van der Waals surface area contributed by atoms with Crippen LogP contribution in [0.1, 0.15) is 44.9 Å². The summed E-state index contributed by atoms with van der Waals surface area (Å²) in [5.41, 5.74) is 6.36. The fourth-order valence-electron chi connectivity index (χ4n) is 5.08. The van der Waals surface area contributed by atoms with Gasteiger partial charge in [0.15, 0.2) is 0 Å². The fraction of sp³-hybridized carbons (Fsp3) is 0.895. The lowest BCUT2D eigenvalue weighted by Crippen LogP contribution is -2.54. The van der Waals surface area contributed by atoms with Crippen molar-refractivity contribution in [2.24, 2.45) is 23.5 Å². The number of fused-ring (bicyclic) bond motifs is 2. The molecule has 4 aliphatic rings. The molecule has 2 amide bonds. The molecule has 1 aliphatic heterocycles. The number of nitrogens with one attached hydrogen (secondary N) is 1. The van der Waals surface area contributed by atoms with E-state index in [4.69, 9.17) is 5.73 Å². The third-order valence-corrected chi connectivity index (χ3v) is 6.76. The molecule has 0 aromatic heterocycles. The van der Waals surface area contributed by atoms with Gasteiger partial charge in [0.1, 0.15) is 0 Å². The predicted octanol–water partition coefficient (Wildman–Crippen LogP) is 1.41. The molecule has 4 fully saturated rings. The van der Waals surface area contributed by atoms with Crippen LogP contribution in [0.25, 0.3) is 0 Å². The number of piperazine rings is 1. The Morgan fingerprint density at radius 1 is 0.926 bits per heavy atom. The van der Waals surface area contributed by atoms with Gasteiger partial charge in [-0.15, -0.1) is 24.8 Å². The summed E-state index contributed by atoms with van der Waals surface area (Å²) in [4.78, 5) is 29.1. The predicted molar refractivity (Wildman–Crippen MR) is 110 cm³/mol. The van der Waals surface area contributed by atoms with Crippen LogP contribution in [-0.2, 0) is 9.59 Å². The first-order valence-corrected chi connectivity index (χ1v) is 10.2. The maximum atomic E-state index is 13.0. The van der Waals surface area contributed by atoms with Gasteiger partial charge in [0.05, 0.1) is 6.54 Å². The van der Waals surface area contributed by atoms with E-state index in [9.17, 15) is 9.59 Å². The van der Waals surface area contributed by atoms with Gasteiger partial charge >= 0.3 is 0 Å². The van der Waals surface area contributed by atoms with Gasteiger partial charge in [-0.1, -0.05) is 6.42 Å². The highest BCUT2D eigenvalue weighted by Crippen LogP contribution is 2.42. The zero-order valence-corrected chi connectivity index (χ0v) is 17.6. The molecule has 8 heteroatoms. The molecule has 2 unspecified atom stereocenters. The second-order valence-electron chi connectivity index (χ2n) is 8.64. The van der Waals surface area contributed by atoms with Crippen molar-refractivity contribution in [3.63, 3.8) is 0 Å². The molecule has 4 rings (SSSR count). The number of nitrogens with zero attached hydrogens (tertiary/aromatic N) is 2. The van der Waals surface area contributed by atoms with Crippen LogP contribution in [-0.4, -0.2) is 66.4 Å². The van der Waals surface area contributed by atoms with E-state index in [1.165, 1.54) is 19.3 Å². The molecule has 156 valence electrons. The van der Waals surface area contributed by atoms with Gasteiger partial charge in [-0.2, -0.15) is 0 Å². The van der Waals surface area contributed by atoms with Crippen LogP contribution in [0.3, 0.4) is 0 Å². The highest BCUT2D eigenvalue weighted by Gasteiger charge is 2.42. The number of carbonyl (C=O) groups excluding carboxylic acids is 2. The number of halogens is 2. The maximum absolute atomic E-state index is 13.0. The molecule has 0 aromatic carbocycles. The van der Waals surface area contributed by atoms with E-state index in [1.54, 1.807) is 0 Å². The van der Waals surface area contributed by atoms with Gasteiger partial charge in [-0.25, -0.2) is 0 Å². The number of carbonyl (C=O) groups is 2. The quantitative estimate of drug-likeness (QED) is 0.720. The Kier molecular flexibility index (Phi) is 8.22. The summed E-state index contributed by atoms with van der Waals surface area (Å²) in [6, 6.07) is 0.743. The Hall–Kier alpha value is -0.560. The molecular weight excluding hydrogens is 387 g/mol. The normalized spacial score (nSPS) is 33.4. The van der Waals surface area contributed by atoms with Crippen LogP contribution in [0, 0.1) is 17.8 Å². The van der Waals surface area contributed by atoms with E-state index in [2.05, 4.69) is 10.2 Å². The molecule has 0 spiro atoms. The average Bonchev–Trinajstić information content (AvgIpc) is 3.38. The van der Waals surface area contributed by atoms with Crippen LogP contribution in [0.5, 0.6) is 0 Å². The lowest BCUT2D eigenvalue weighted by atomic mass is 9.65. The summed E-state index contributed by atoms with van der Waals surface area (Å²) in [5, 5.41) is 3.04. The van der Waals surface area contributed by atoms with Crippen LogP contribution < -0.4 is 11.1 Å². The number of nitrogens with two attached hydrogens (primary N) is 1. The summed E-state index contributed by atoms with van der Waals surface area (Å²) in [5.74, 6) is 1.75. The van der Waals surface area contributed by atoms with Crippen molar-refractivity contribution in [1.29, 1.82) is 0 Å². The minimum atomic E-state index is 0. The van der Waals surface area contributed by atoms with E-state index < -0.39 is 0 Å². The zero-order chi connectivity index (χ0) is 17.4. The topological polar surface area (TPSA) is 78.7 Å². The molecule has 3 aliphatic carbocycles. The molecule has 3 N–H and O–H groups in total. The van der Waals surface area contributed by atoms with Crippen LogP contribution in [0.4, 0.5) is 0 Å². The van der Waals surface area contributed by atoms with Crippen molar-refractivity contribution >= 4 is 36.6 Å². The number of amides is 2. The molecular formula is C19H34Cl2N4O2. The molecule has 1 saturated heterocycles. The minimum absolute atomic E-state index is 0. The summed E-state index contributed by atoms with van der Waals surface area (Å²) in [7, 11) is 0. The van der Waals surface area contributed by atoms with E-state index in [-0.39, 0.29) is 36.6 Å². The molecule has 0 radical (unpaired) electrons. The highest BCUT2D eigenvalue weighted by molar-refractivity contribution is 5.85. The van der Waals surface area contributed by atoms with Crippen LogP contribution >= 0.6 is 24.8 Å². The van der Waals surface area contributed by atoms with Crippen LogP contribution in [0.15, 0.2) is 0 Å². The number of rotatable bonds is 4. The van der Waals surface area contributed by atoms with Gasteiger partial charge in [0, 0.05) is 44.2 Å². The second kappa shape index (κ2) is 9.77. The first-order valence-electron chi connectivity index (χ1n) is 10.2. The molecule has 3 saturated carbocycles. The van der Waals surface area contributed by atoms with Crippen LogP contribution in [0.2, 0.25) is 0 Å². The Labute approximate surface area is 174 Å². The van der Waals surface area contributed by atoms with Crippen molar-refractivity contribution in [2.45, 2.75) is 57.0 Å². The summed E-state index contributed by atoms with van der Waals surface area (Å²) >= 11 is 0. The van der Waals surface area contributed by atoms with Gasteiger partial charge in [0.25, 0.3) is 0 Å². The van der Waals surface area contributed by atoms with Gasteiger partial charge in [-0.3, -0.25) is 14.5 Å². The van der Waals surface area contributed by atoms with Crippen molar-refractivity contribution in [1.82, 2.24) is 15.1 Å². The third kappa shape index (κ3) is 5.49. The first-order chi connectivity index (χ1) is 12.1. The van der Waals surface area contributed by atoms with E-state index in [1.807, 2.05) is 4.90 Å². The molecule has 6 nitrogen and oxygen atoms in total. The molecule has 2 atom stereocenters. The average molecular weight is 421 g/mol. The largest absolute Gasteiger partial charge is 0.352 e. The third-order valence-electron chi connectivity index (χ3n) is 6.76.